The van der Waals surface area contributed by atoms with Crippen LogP contribution in [0, 0.1) is 0 Å². The fourth-order valence-corrected chi connectivity index (χ4v) is 3.97. The Balaban J connectivity index is 1.82. The quantitative estimate of drug-likeness (QED) is 0.856. The van der Waals surface area contributed by atoms with Crippen LogP contribution in [-0.2, 0) is 0 Å². The Morgan fingerprint density at radius 3 is 2.70 bits per heavy atom. The molecule has 0 radical (unpaired) electrons. The van der Waals surface area contributed by atoms with Crippen LogP contribution in [0.5, 0.6) is 0 Å². The molecule has 5 nitrogen and oxygen atoms in total. The van der Waals surface area contributed by atoms with Gasteiger partial charge in [-0.25, -0.2) is 4.98 Å². The molecule has 0 spiro atoms. The van der Waals surface area contributed by atoms with E-state index in [0.717, 1.165) is 17.8 Å². The third-order valence-corrected chi connectivity index (χ3v) is 5.13. The molecule has 0 unspecified atom stereocenters. The summed E-state index contributed by atoms with van der Waals surface area (Å²) in [4.78, 5) is 27.8. The van der Waals surface area contributed by atoms with Gasteiger partial charge in [0.05, 0.1) is 6.20 Å². The van der Waals surface area contributed by atoms with Crippen molar-refractivity contribution in [1.82, 2.24) is 19.9 Å². The zero-order valence-electron chi connectivity index (χ0n) is 13.6. The topological polar surface area (TPSA) is 59.0 Å². The highest BCUT2D eigenvalue weighted by Gasteiger charge is 2.29. The summed E-state index contributed by atoms with van der Waals surface area (Å²) in [5.74, 6) is 0.0401. The molecule has 23 heavy (non-hydrogen) atoms. The molecule has 1 aliphatic rings. The van der Waals surface area contributed by atoms with Gasteiger partial charge in [-0.05, 0) is 26.7 Å². The number of hydrogen-bond donors (Lipinski definition) is 0. The maximum absolute atomic E-state index is 13.0. The molecule has 2 aromatic rings. The largest absolute Gasteiger partial charge is 0.332 e. The van der Waals surface area contributed by atoms with Crippen LogP contribution in [0.1, 0.15) is 56.4 Å². The van der Waals surface area contributed by atoms with Crippen molar-refractivity contribution < 1.29 is 4.79 Å². The van der Waals surface area contributed by atoms with Crippen LogP contribution in [-0.4, -0.2) is 37.8 Å². The minimum absolute atomic E-state index is 0.0401. The summed E-state index contributed by atoms with van der Waals surface area (Å²) in [6, 6.07) is 0.533. The normalized spacial score (nSPS) is 15.8. The van der Waals surface area contributed by atoms with Gasteiger partial charge in [-0.1, -0.05) is 19.3 Å². The maximum Gasteiger partial charge on any atom is 0.273 e. The average molecular weight is 330 g/mol. The van der Waals surface area contributed by atoms with E-state index in [1.165, 1.54) is 30.6 Å². The molecular weight excluding hydrogens is 308 g/mol. The van der Waals surface area contributed by atoms with Crippen molar-refractivity contribution in [2.75, 3.05) is 0 Å². The van der Waals surface area contributed by atoms with Gasteiger partial charge in [0, 0.05) is 29.9 Å². The highest BCUT2D eigenvalue weighted by atomic mass is 32.1. The van der Waals surface area contributed by atoms with Gasteiger partial charge in [0.2, 0.25) is 0 Å². The third-order valence-electron chi connectivity index (χ3n) is 4.26. The Morgan fingerprint density at radius 2 is 2.04 bits per heavy atom. The number of thiazole rings is 1. The number of amides is 1. The minimum Gasteiger partial charge on any atom is -0.332 e. The fourth-order valence-electron chi connectivity index (χ4n) is 3.21. The van der Waals surface area contributed by atoms with Gasteiger partial charge in [-0.15, -0.1) is 11.3 Å². The fraction of sp³-hybridized carbons (Fsp3) is 0.529. The van der Waals surface area contributed by atoms with Crippen molar-refractivity contribution in [3.63, 3.8) is 0 Å². The standard InChI is InChI=1S/C17H22N4OS/c1-12(2)21(13-6-4-3-5-7-13)17(22)15-11-23-16(20-15)14-10-18-8-9-19-14/h8-13H,3-7H2,1-2H3. The van der Waals surface area contributed by atoms with Crippen LogP contribution in [0.2, 0.25) is 0 Å². The monoisotopic (exact) mass is 330 g/mol. The van der Waals surface area contributed by atoms with E-state index in [9.17, 15) is 4.79 Å². The van der Waals surface area contributed by atoms with Crippen LogP contribution in [0.15, 0.2) is 24.0 Å². The molecule has 1 saturated carbocycles. The molecule has 122 valence electrons. The first-order valence-corrected chi connectivity index (χ1v) is 9.09. The second-order valence-electron chi connectivity index (χ2n) is 6.23. The first kappa shape index (κ1) is 16.1. The number of carbonyl (C=O) groups is 1. The van der Waals surface area contributed by atoms with E-state index in [1.807, 2.05) is 10.3 Å². The van der Waals surface area contributed by atoms with Gasteiger partial charge in [-0.3, -0.25) is 14.8 Å². The zero-order chi connectivity index (χ0) is 16.2. The predicted octanol–water partition coefficient (Wildman–Crippen LogP) is 3.78. The van der Waals surface area contributed by atoms with Gasteiger partial charge in [0.25, 0.3) is 5.91 Å². The maximum atomic E-state index is 13.0. The number of nitrogens with zero attached hydrogens (tertiary/aromatic N) is 4. The number of rotatable bonds is 4. The average Bonchev–Trinajstić information content (AvgIpc) is 3.06. The molecule has 1 amide bonds. The lowest BCUT2D eigenvalue weighted by Crippen LogP contribution is -2.45. The minimum atomic E-state index is 0.0401. The summed E-state index contributed by atoms with van der Waals surface area (Å²) in [6.45, 7) is 4.17. The SMILES string of the molecule is CC(C)N(C(=O)c1csc(-c2cnccn2)n1)C1CCCCC1. The second kappa shape index (κ2) is 7.17. The molecule has 1 aliphatic carbocycles. The molecule has 0 atom stereocenters. The zero-order valence-corrected chi connectivity index (χ0v) is 14.4. The first-order valence-electron chi connectivity index (χ1n) is 8.21. The number of carbonyl (C=O) groups excluding carboxylic acids is 1. The summed E-state index contributed by atoms with van der Waals surface area (Å²) in [7, 11) is 0. The molecule has 3 rings (SSSR count). The molecule has 0 N–H and O–H groups in total. The Bertz CT molecular complexity index is 650. The summed E-state index contributed by atoms with van der Waals surface area (Å²) < 4.78 is 0. The van der Waals surface area contributed by atoms with Crippen LogP contribution >= 0.6 is 11.3 Å². The smallest absolute Gasteiger partial charge is 0.273 e. The van der Waals surface area contributed by atoms with Crippen molar-refractivity contribution in [1.29, 1.82) is 0 Å². The number of aromatic nitrogens is 3. The molecule has 2 aromatic heterocycles. The van der Waals surface area contributed by atoms with E-state index < -0.39 is 0 Å². The molecular formula is C17H22N4OS. The molecule has 0 aromatic carbocycles. The summed E-state index contributed by atoms with van der Waals surface area (Å²) in [5.41, 5.74) is 1.24. The summed E-state index contributed by atoms with van der Waals surface area (Å²) >= 11 is 1.45. The van der Waals surface area contributed by atoms with Crippen LogP contribution in [0.4, 0.5) is 0 Å². The van der Waals surface area contributed by atoms with Crippen molar-refractivity contribution in [2.45, 2.75) is 58.0 Å². The van der Waals surface area contributed by atoms with E-state index in [-0.39, 0.29) is 11.9 Å². The van der Waals surface area contributed by atoms with Crippen molar-refractivity contribution in [2.24, 2.45) is 0 Å². The van der Waals surface area contributed by atoms with E-state index >= 15 is 0 Å². The predicted molar refractivity (Wildman–Crippen MR) is 91.3 cm³/mol. The second-order valence-corrected chi connectivity index (χ2v) is 7.08. The molecule has 1 fully saturated rings. The van der Waals surface area contributed by atoms with Gasteiger partial charge in [0.15, 0.2) is 0 Å². The third kappa shape index (κ3) is 3.58. The Hall–Kier alpha value is -1.82. The van der Waals surface area contributed by atoms with Crippen molar-refractivity contribution >= 4 is 17.2 Å². The first-order chi connectivity index (χ1) is 11.2. The van der Waals surface area contributed by atoms with E-state index in [2.05, 4.69) is 28.8 Å². The van der Waals surface area contributed by atoms with Gasteiger partial charge in [-0.2, -0.15) is 0 Å². The highest BCUT2D eigenvalue weighted by molar-refractivity contribution is 7.13. The van der Waals surface area contributed by atoms with E-state index in [4.69, 9.17) is 0 Å². The lowest BCUT2D eigenvalue weighted by molar-refractivity contribution is 0.0550. The molecule has 2 heterocycles. The van der Waals surface area contributed by atoms with Gasteiger partial charge < -0.3 is 4.90 Å². The Kier molecular flexibility index (Phi) is 5.00. The lowest BCUT2D eigenvalue weighted by atomic mass is 9.93. The molecule has 6 heteroatoms. The van der Waals surface area contributed by atoms with Crippen molar-refractivity contribution in [3.05, 3.63) is 29.7 Å². The summed E-state index contributed by atoms with van der Waals surface area (Å²) in [6.07, 6.45) is 10.9. The highest BCUT2D eigenvalue weighted by Crippen LogP contribution is 2.27. The summed E-state index contributed by atoms with van der Waals surface area (Å²) in [5, 5.41) is 2.58. The van der Waals surface area contributed by atoms with Crippen LogP contribution in [0.25, 0.3) is 10.7 Å². The molecule has 0 aliphatic heterocycles. The Labute approximate surface area is 140 Å². The van der Waals surface area contributed by atoms with Crippen molar-refractivity contribution in [3.8, 4) is 10.7 Å². The van der Waals surface area contributed by atoms with Crippen LogP contribution in [0.3, 0.4) is 0 Å². The van der Waals surface area contributed by atoms with E-state index in [1.54, 1.807) is 18.6 Å². The molecule has 0 saturated heterocycles. The van der Waals surface area contributed by atoms with Gasteiger partial charge >= 0.3 is 0 Å². The Morgan fingerprint density at radius 1 is 1.26 bits per heavy atom. The number of hydrogen-bond acceptors (Lipinski definition) is 5. The van der Waals surface area contributed by atoms with Gasteiger partial charge in [0.1, 0.15) is 16.4 Å². The van der Waals surface area contributed by atoms with E-state index in [0.29, 0.717) is 17.4 Å². The van der Waals surface area contributed by atoms with Crippen LogP contribution < -0.4 is 0 Å². The molecule has 0 bridgehead atoms. The lowest BCUT2D eigenvalue weighted by Gasteiger charge is -2.37.